The average molecular weight is 637 g/mol. The Balaban J connectivity index is 1.17. The number of aryl methyl sites for hydroxylation is 3. The molecule has 0 radical (unpaired) electrons. The van der Waals surface area contributed by atoms with Crippen LogP contribution in [0.1, 0.15) is 45.6 Å². The first-order valence-corrected chi connectivity index (χ1v) is 15.5. The number of rotatable bonds is 14. The Bertz CT molecular complexity index is 1820. The maximum Gasteiger partial charge on any atom is 0.210 e. The van der Waals surface area contributed by atoms with Gasteiger partial charge >= 0.3 is 0 Å². The quantitative estimate of drug-likeness (QED) is 0.0425. The highest BCUT2D eigenvalue weighted by molar-refractivity contribution is 6.10. The molecule has 10 heteroatoms. The molecule has 2 heterocycles. The molecule has 47 heavy (non-hydrogen) atoms. The molecule has 1 fully saturated rings. The summed E-state index contributed by atoms with van der Waals surface area (Å²) in [6.45, 7) is 6.82. The van der Waals surface area contributed by atoms with Crippen LogP contribution in [-0.4, -0.2) is 68.6 Å². The van der Waals surface area contributed by atoms with Crippen LogP contribution in [0.4, 0.5) is 5.69 Å². The van der Waals surface area contributed by atoms with Crippen molar-refractivity contribution < 1.29 is 28.5 Å². The average Bonchev–Trinajstić information content (AvgIpc) is 3.55. The number of ether oxygens (including phenoxy) is 4. The van der Waals surface area contributed by atoms with Crippen molar-refractivity contribution in [3.05, 3.63) is 88.6 Å². The van der Waals surface area contributed by atoms with E-state index >= 15 is 0 Å². The second-order valence-corrected chi connectivity index (χ2v) is 11.3. The lowest BCUT2D eigenvalue weighted by Crippen LogP contribution is -2.28. The van der Waals surface area contributed by atoms with Crippen molar-refractivity contribution in [2.24, 2.45) is 4.99 Å². The molecule has 5 rings (SSSR count). The Hall–Kier alpha value is -5.22. The van der Waals surface area contributed by atoms with E-state index in [0.29, 0.717) is 34.3 Å². The molecule has 1 aliphatic rings. The zero-order valence-electron chi connectivity index (χ0n) is 27.4. The third kappa shape index (κ3) is 7.78. The number of hydrogen-bond acceptors (Lipinski definition) is 9. The van der Waals surface area contributed by atoms with E-state index in [-0.39, 0.29) is 25.3 Å². The number of carbonyl (C=O) groups excluding carboxylic acids is 2. The summed E-state index contributed by atoms with van der Waals surface area (Å²) in [5, 5.41) is 4.07. The van der Waals surface area contributed by atoms with Gasteiger partial charge in [-0.3, -0.25) is 24.9 Å². The monoisotopic (exact) mass is 636 g/mol. The number of allylic oxidation sites excluding steroid dienone is 1. The Kier molecular flexibility index (Phi) is 10.8. The van der Waals surface area contributed by atoms with Crippen LogP contribution in [-0.2, 0) is 4.79 Å². The third-order valence-electron chi connectivity index (χ3n) is 8.20. The largest absolute Gasteiger partial charge is 0.493 e. The molecular formula is C37H40N4O6. The topological polar surface area (TPSA) is 112 Å². The van der Waals surface area contributed by atoms with E-state index in [1.165, 1.54) is 0 Å². The number of aromatic nitrogens is 1. The van der Waals surface area contributed by atoms with Gasteiger partial charge in [0.05, 0.1) is 31.5 Å². The van der Waals surface area contributed by atoms with Gasteiger partial charge in [-0.05, 0) is 80.6 Å². The number of para-hydroxylation sites is 1. The standard InChI is InChI=1S/C37H40N4O6/c1-24-17-34(44-4)36(19-31(24)39-20-28-9-8-16-41(28)23-42)47-22-38-21-46-33-15-13-27(18-35(33)45-5)12-14-32(43)37-25(2)29-10-6-7-11-30(29)40-26(37)3/h6-7,10-15,17-20,23,28,38H,8-9,16,21-22H2,1-5H3/b14-12+,39-20?. The minimum absolute atomic E-state index is 0.00299. The fraction of sp³-hybridized carbons (Fsp3) is 0.297. The van der Waals surface area contributed by atoms with E-state index in [2.05, 4.69) is 15.3 Å². The van der Waals surface area contributed by atoms with E-state index in [4.69, 9.17) is 18.9 Å². The zero-order chi connectivity index (χ0) is 33.3. The van der Waals surface area contributed by atoms with Crippen LogP contribution >= 0.6 is 0 Å². The Morgan fingerprint density at radius 2 is 1.72 bits per heavy atom. The van der Waals surface area contributed by atoms with Crippen LogP contribution in [0.2, 0.25) is 0 Å². The van der Waals surface area contributed by atoms with Gasteiger partial charge in [-0.2, -0.15) is 0 Å². The minimum Gasteiger partial charge on any atom is -0.493 e. The first-order valence-electron chi connectivity index (χ1n) is 15.5. The van der Waals surface area contributed by atoms with E-state index in [1.54, 1.807) is 37.3 Å². The van der Waals surface area contributed by atoms with Crippen LogP contribution in [0.3, 0.4) is 0 Å². The van der Waals surface area contributed by atoms with Crippen LogP contribution in [0.5, 0.6) is 23.0 Å². The SMILES string of the molecule is COc1cc(/C=C/C(=O)c2c(C)nc3ccccc3c2C)ccc1OCNCOc1cc(N=CC2CCCN2C=O)c(C)cc1OC. The highest BCUT2D eigenvalue weighted by atomic mass is 16.5. The minimum atomic E-state index is -0.107. The van der Waals surface area contributed by atoms with Crippen molar-refractivity contribution >= 4 is 41.1 Å². The molecular weight excluding hydrogens is 596 g/mol. The summed E-state index contributed by atoms with van der Waals surface area (Å²) < 4.78 is 22.9. The van der Waals surface area contributed by atoms with Gasteiger partial charge in [0.25, 0.3) is 0 Å². The highest BCUT2D eigenvalue weighted by Gasteiger charge is 2.21. The van der Waals surface area contributed by atoms with Gasteiger partial charge in [0.1, 0.15) is 13.5 Å². The molecule has 244 valence electrons. The van der Waals surface area contributed by atoms with Gasteiger partial charge < -0.3 is 23.8 Å². The second-order valence-electron chi connectivity index (χ2n) is 11.3. The Labute approximate surface area is 275 Å². The molecule has 0 saturated carbocycles. The lowest BCUT2D eigenvalue weighted by atomic mass is 9.98. The van der Waals surface area contributed by atoms with Gasteiger partial charge in [-0.1, -0.05) is 30.3 Å². The van der Waals surface area contributed by atoms with Crippen molar-refractivity contribution in [1.82, 2.24) is 15.2 Å². The van der Waals surface area contributed by atoms with Gasteiger partial charge in [0, 0.05) is 35.5 Å². The summed E-state index contributed by atoms with van der Waals surface area (Å²) >= 11 is 0. The second kappa shape index (κ2) is 15.4. The first-order chi connectivity index (χ1) is 22.8. The maximum atomic E-state index is 13.2. The maximum absolute atomic E-state index is 13.2. The van der Waals surface area contributed by atoms with Crippen LogP contribution in [0, 0.1) is 20.8 Å². The van der Waals surface area contributed by atoms with Crippen molar-refractivity contribution in [2.75, 3.05) is 34.2 Å². The predicted octanol–water partition coefficient (Wildman–Crippen LogP) is 6.36. The number of nitrogens with one attached hydrogen (secondary N) is 1. The molecule has 0 aliphatic carbocycles. The van der Waals surface area contributed by atoms with Crippen molar-refractivity contribution in [2.45, 2.75) is 39.7 Å². The molecule has 1 unspecified atom stereocenters. The van der Waals surface area contributed by atoms with Gasteiger partial charge in [-0.15, -0.1) is 0 Å². The number of methoxy groups -OCH3 is 2. The predicted molar refractivity (Wildman–Crippen MR) is 183 cm³/mol. The number of fused-ring (bicyclic) bond motifs is 1. The molecule has 1 saturated heterocycles. The molecule has 1 amide bonds. The number of aliphatic imine (C=N–C) groups is 1. The number of benzene rings is 3. The lowest BCUT2D eigenvalue weighted by Gasteiger charge is -2.16. The summed E-state index contributed by atoms with van der Waals surface area (Å²) in [6.07, 6.45) is 7.89. The number of carbonyl (C=O) groups is 2. The molecule has 1 aliphatic heterocycles. The zero-order valence-corrected chi connectivity index (χ0v) is 27.4. The summed E-state index contributed by atoms with van der Waals surface area (Å²) in [6, 6.07) is 17.0. The molecule has 0 spiro atoms. The van der Waals surface area contributed by atoms with Crippen LogP contribution in [0.25, 0.3) is 17.0 Å². The fourth-order valence-corrected chi connectivity index (χ4v) is 5.69. The molecule has 3 aromatic carbocycles. The summed E-state index contributed by atoms with van der Waals surface area (Å²) in [5.74, 6) is 2.08. The van der Waals surface area contributed by atoms with Gasteiger partial charge in [0.15, 0.2) is 28.8 Å². The Morgan fingerprint density at radius 1 is 0.979 bits per heavy atom. The van der Waals surface area contributed by atoms with Crippen LogP contribution in [0.15, 0.2) is 65.7 Å². The van der Waals surface area contributed by atoms with E-state index in [9.17, 15) is 9.59 Å². The van der Waals surface area contributed by atoms with Crippen molar-refractivity contribution in [1.29, 1.82) is 0 Å². The molecule has 1 N–H and O–H groups in total. The van der Waals surface area contributed by atoms with Crippen molar-refractivity contribution in [3.63, 3.8) is 0 Å². The molecule has 1 aromatic heterocycles. The van der Waals surface area contributed by atoms with Gasteiger partial charge in [0.2, 0.25) is 6.41 Å². The van der Waals surface area contributed by atoms with E-state index in [0.717, 1.165) is 59.1 Å². The number of likely N-dealkylation sites (tertiary alicyclic amines) is 1. The van der Waals surface area contributed by atoms with Crippen molar-refractivity contribution in [3.8, 4) is 23.0 Å². The highest BCUT2D eigenvalue weighted by Crippen LogP contribution is 2.35. The number of pyridine rings is 1. The number of ketones is 1. The fourth-order valence-electron chi connectivity index (χ4n) is 5.69. The Morgan fingerprint density at radius 3 is 2.49 bits per heavy atom. The number of hydrogen-bond donors (Lipinski definition) is 1. The summed E-state index contributed by atoms with van der Waals surface area (Å²) in [7, 11) is 3.16. The number of nitrogens with zero attached hydrogens (tertiary/aromatic N) is 3. The van der Waals surface area contributed by atoms with Gasteiger partial charge in [-0.25, -0.2) is 0 Å². The smallest absolute Gasteiger partial charge is 0.210 e. The molecule has 1 atom stereocenters. The van der Waals surface area contributed by atoms with E-state index < -0.39 is 0 Å². The van der Waals surface area contributed by atoms with E-state index in [1.807, 2.05) is 75.5 Å². The first kappa shape index (κ1) is 33.2. The third-order valence-corrected chi connectivity index (χ3v) is 8.20. The van der Waals surface area contributed by atoms with Crippen LogP contribution < -0.4 is 24.3 Å². The summed E-state index contributed by atoms with van der Waals surface area (Å²) in [4.78, 5) is 35.5. The molecule has 0 bridgehead atoms. The molecule has 4 aromatic rings. The summed E-state index contributed by atoms with van der Waals surface area (Å²) in [5.41, 5.74) is 5.58. The normalized spacial score (nSPS) is 14.7. The number of amides is 1. The lowest BCUT2D eigenvalue weighted by molar-refractivity contribution is -0.117. The molecule has 10 nitrogen and oxygen atoms in total.